The minimum atomic E-state index is 0.528. The van der Waals surface area contributed by atoms with Crippen molar-refractivity contribution in [3.8, 4) is 28.0 Å². The molecule has 8 rings (SSSR count). The first-order valence-corrected chi connectivity index (χ1v) is 12.6. The first kappa shape index (κ1) is 20.5. The zero-order chi connectivity index (χ0) is 24.7. The smallest absolute Gasteiger partial charge is 0.155 e. The minimum Gasteiger partial charge on any atom is -0.486 e. The Hall–Kier alpha value is -4.71. The van der Waals surface area contributed by atoms with Gasteiger partial charge in [0, 0.05) is 35.2 Å². The second-order valence-electron chi connectivity index (χ2n) is 9.76. The van der Waals surface area contributed by atoms with Gasteiger partial charge in [0.15, 0.2) is 5.75 Å². The Morgan fingerprint density at radius 3 is 2.59 bits per heavy atom. The van der Waals surface area contributed by atoms with E-state index in [-0.39, 0.29) is 0 Å². The van der Waals surface area contributed by atoms with Crippen LogP contribution in [-0.4, -0.2) is 24.9 Å². The molecule has 4 aromatic carbocycles. The normalized spacial score (nSPS) is 12.8. The minimum absolute atomic E-state index is 0.528. The maximum atomic E-state index is 6.29. The van der Waals surface area contributed by atoms with Crippen molar-refractivity contribution in [3.63, 3.8) is 0 Å². The van der Waals surface area contributed by atoms with Gasteiger partial charge in [0.05, 0.1) is 16.6 Å². The van der Waals surface area contributed by atoms with Gasteiger partial charge >= 0.3 is 0 Å². The van der Waals surface area contributed by atoms with Gasteiger partial charge in [-0.2, -0.15) is 0 Å². The first-order valence-electron chi connectivity index (χ1n) is 12.6. The van der Waals surface area contributed by atoms with Crippen LogP contribution in [-0.2, 0) is 13.0 Å². The van der Waals surface area contributed by atoms with Crippen LogP contribution in [0.1, 0.15) is 24.1 Å². The summed E-state index contributed by atoms with van der Waals surface area (Å²) in [4.78, 5) is 20.7. The molecule has 6 heteroatoms. The molecular weight excluding hydrogens is 458 g/mol. The lowest BCUT2D eigenvalue weighted by atomic mass is 9.91. The highest BCUT2D eigenvalue weighted by atomic mass is 16.5. The number of rotatable bonds is 2. The fourth-order valence-corrected chi connectivity index (χ4v) is 5.80. The predicted octanol–water partition coefficient (Wildman–Crippen LogP) is 7.24. The standard InChI is InChI=1S/C31H23N5O/c1-3-27-35-26-9-8-23-20-6-4-17(12-19(20)15-37-31(23)30(26)36-27)18-5-7-22-24(13-18)21-10-11-32-14-25(21)29-28(22)33-16(2)34-29/h4-14H,3,15H2,1-2H3,(H,33,34)(H,35,36). The molecule has 0 saturated heterocycles. The fraction of sp³-hybridized carbons (Fsp3) is 0.129. The van der Waals surface area contributed by atoms with E-state index in [0.717, 1.165) is 62.2 Å². The number of aryl methyl sites for hydroxylation is 2. The average Bonchev–Trinajstić information content (AvgIpc) is 3.56. The van der Waals surface area contributed by atoms with E-state index >= 15 is 0 Å². The summed E-state index contributed by atoms with van der Waals surface area (Å²) in [5.41, 5.74) is 9.81. The summed E-state index contributed by atoms with van der Waals surface area (Å²) < 4.78 is 6.29. The molecule has 7 aromatic rings. The summed E-state index contributed by atoms with van der Waals surface area (Å²) in [5.74, 6) is 2.76. The second kappa shape index (κ2) is 7.40. The van der Waals surface area contributed by atoms with E-state index in [9.17, 15) is 0 Å². The molecule has 1 aliphatic heterocycles. The van der Waals surface area contributed by atoms with E-state index < -0.39 is 0 Å². The topological polar surface area (TPSA) is 79.5 Å². The van der Waals surface area contributed by atoms with Gasteiger partial charge in [-0.25, -0.2) is 9.97 Å². The van der Waals surface area contributed by atoms with Gasteiger partial charge < -0.3 is 14.7 Å². The van der Waals surface area contributed by atoms with E-state index in [4.69, 9.17) is 14.7 Å². The third-order valence-electron chi connectivity index (χ3n) is 7.57. The summed E-state index contributed by atoms with van der Waals surface area (Å²) in [6.07, 6.45) is 4.64. The van der Waals surface area contributed by atoms with Crippen molar-refractivity contribution in [2.75, 3.05) is 0 Å². The van der Waals surface area contributed by atoms with Crippen molar-refractivity contribution < 1.29 is 4.74 Å². The van der Waals surface area contributed by atoms with Crippen molar-refractivity contribution in [3.05, 3.63) is 84.2 Å². The quantitative estimate of drug-likeness (QED) is 0.255. The number of H-pyrrole nitrogens is 2. The van der Waals surface area contributed by atoms with Crippen LogP contribution in [0.4, 0.5) is 0 Å². The van der Waals surface area contributed by atoms with E-state index in [1.165, 1.54) is 33.0 Å². The lowest BCUT2D eigenvalue weighted by Gasteiger charge is -2.22. The van der Waals surface area contributed by atoms with Gasteiger partial charge in [-0.15, -0.1) is 0 Å². The van der Waals surface area contributed by atoms with Crippen LogP contribution in [0.3, 0.4) is 0 Å². The molecule has 6 nitrogen and oxygen atoms in total. The SMILES string of the molecule is CCc1nc2c3c(ccc2[nH]1)-c1ccc(-c2ccc4c(c2)c2ccncc2c2nc(C)[nH]c42)cc1CO3. The molecule has 0 spiro atoms. The zero-order valence-electron chi connectivity index (χ0n) is 20.5. The van der Waals surface area contributed by atoms with Crippen molar-refractivity contribution >= 4 is 43.6 Å². The van der Waals surface area contributed by atoms with Gasteiger partial charge in [0.2, 0.25) is 0 Å². The number of aromatic amines is 2. The highest BCUT2D eigenvalue weighted by Crippen LogP contribution is 2.43. The first-order chi connectivity index (χ1) is 18.2. The van der Waals surface area contributed by atoms with Crippen LogP contribution < -0.4 is 4.74 Å². The van der Waals surface area contributed by atoms with E-state index in [1.54, 1.807) is 0 Å². The Kier molecular flexibility index (Phi) is 4.10. The number of imidazole rings is 2. The lowest BCUT2D eigenvalue weighted by Crippen LogP contribution is -2.06. The van der Waals surface area contributed by atoms with E-state index in [0.29, 0.717) is 6.61 Å². The van der Waals surface area contributed by atoms with Crippen molar-refractivity contribution in [1.29, 1.82) is 0 Å². The highest BCUT2D eigenvalue weighted by molar-refractivity contribution is 6.23. The Morgan fingerprint density at radius 2 is 1.68 bits per heavy atom. The van der Waals surface area contributed by atoms with Crippen molar-refractivity contribution in [2.45, 2.75) is 26.9 Å². The van der Waals surface area contributed by atoms with Gasteiger partial charge in [0.1, 0.15) is 23.8 Å². The molecule has 178 valence electrons. The third kappa shape index (κ3) is 2.90. The van der Waals surface area contributed by atoms with Crippen LogP contribution in [0.25, 0.3) is 65.9 Å². The summed E-state index contributed by atoms with van der Waals surface area (Å²) >= 11 is 0. The molecule has 37 heavy (non-hydrogen) atoms. The molecule has 0 radical (unpaired) electrons. The molecule has 0 bridgehead atoms. The van der Waals surface area contributed by atoms with Crippen LogP contribution in [0.15, 0.2) is 67.0 Å². The molecule has 0 aliphatic carbocycles. The van der Waals surface area contributed by atoms with E-state index in [1.807, 2.05) is 19.3 Å². The molecule has 1 aliphatic rings. The largest absolute Gasteiger partial charge is 0.486 e. The number of benzene rings is 4. The third-order valence-corrected chi connectivity index (χ3v) is 7.57. The van der Waals surface area contributed by atoms with Crippen molar-refractivity contribution in [1.82, 2.24) is 24.9 Å². The van der Waals surface area contributed by atoms with Gasteiger partial charge in [-0.05, 0) is 70.3 Å². The molecule has 0 fully saturated rings. The number of fused-ring (bicyclic) bond motifs is 11. The Balaban J connectivity index is 1.29. The summed E-state index contributed by atoms with van der Waals surface area (Å²) in [6, 6.07) is 19.7. The number of pyridine rings is 1. The molecule has 3 aromatic heterocycles. The maximum Gasteiger partial charge on any atom is 0.155 e. The average molecular weight is 482 g/mol. The molecule has 0 saturated carbocycles. The molecular formula is C31H23N5O. The second-order valence-corrected chi connectivity index (χ2v) is 9.76. The summed E-state index contributed by atoms with van der Waals surface area (Å²) in [7, 11) is 0. The number of hydrogen-bond donors (Lipinski definition) is 2. The highest BCUT2D eigenvalue weighted by Gasteiger charge is 2.22. The summed E-state index contributed by atoms with van der Waals surface area (Å²) in [6.45, 7) is 4.63. The predicted molar refractivity (Wildman–Crippen MR) is 148 cm³/mol. The van der Waals surface area contributed by atoms with Gasteiger partial charge in [-0.3, -0.25) is 4.98 Å². The van der Waals surface area contributed by atoms with Gasteiger partial charge in [0.25, 0.3) is 0 Å². The van der Waals surface area contributed by atoms with Crippen LogP contribution >= 0.6 is 0 Å². The monoisotopic (exact) mass is 481 g/mol. The number of aromatic nitrogens is 5. The molecule has 2 N–H and O–H groups in total. The number of ether oxygens (including phenoxy) is 1. The van der Waals surface area contributed by atoms with Crippen LogP contribution in [0, 0.1) is 6.92 Å². The number of nitrogens with one attached hydrogen (secondary N) is 2. The van der Waals surface area contributed by atoms with E-state index in [2.05, 4.69) is 76.5 Å². The lowest BCUT2D eigenvalue weighted by molar-refractivity contribution is 0.305. The van der Waals surface area contributed by atoms with Crippen LogP contribution in [0.2, 0.25) is 0 Å². The maximum absolute atomic E-state index is 6.29. The Labute approximate surface area is 212 Å². The fourth-order valence-electron chi connectivity index (χ4n) is 5.80. The molecule has 0 unspecified atom stereocenters. The zero-order valence-corrected chi connectivity index (χ0v) is 20.5. The van der Waals surface area contributed by atoms with Crippen LogP contribution in [0.5, 0.6) is 5.75 Å². The Bertz CT molecular complexity index is 2050. The number of nitrogens with zero attached hydrogens (tertiary/aromatic N) is 3. The Morgan fingerprint density at radius 1 is 0.811 bits per heavy atom. The molecule has 0 amide bonds. The number of hydrogen-bond acceptors (Lipinski definition) is 4. The molecule has 0 atom stereocenters. The molecule has 4 heterocycles. The summed E-state index contributed by atoms with van der Waals surface area (Å²) in [5, 5.41) is 4.59. The van der Waals surface area contributed by atoms with Crippen molar-refractivity contribution in [2.24, 2.45) is 0 Å². The van der Waals surface area contributed by atoms with Gasteiger partial charge in [-0.1, -0.05) is 31.2 Å².